The maximum Gasteiger partial charge on any atom is 0.200 e. The SMILES string of the molecule is Fc1c(F)c(F)c(-c2nc(-c3ccc4c(c3)C3(c5ccccc5-c5ccccc53)c3ccccc3-4)nc(-c3c(F)c(F)c(F)c(F)c3F)n2)c(F)c1F. The molecule has 0 unspecified atom stereocenters. The molecule has 0 N–H and O–H groups in total. The molecule has 13 heteroatoms. The van der Waals surface area contributed by atoms with Gasteiger partial charge < -0.3 is 0 Å². The summed E-state index contributed by atoms with van der Waals surface area (Å²) >= 11 is 0. The molecule has 2 aliphatic rings. The molecule has 2 aliphatic carbocycles. The highest BCUT2D eigenvalue weighted by Gasteiger charge is 2.51. The third-order valence-electron chi connectivity index (χ3n) is 9.76. The quantitative estimate of drug-likeness (QED) is 0.103. The molecule has 0 saturated heterocycles. The van der Waals surface area contributed by atoms with Crippen LogP contribution in [-0.2, 0) is 5.41 Å². The van der Waals surface area contributed by atoms with E-state index in [1.165, 1.54) is 6.07 Å². The Morgan fingerprint density at radius 2 is 0.642 bits per heavy atom. The fraction of sp³-hybridized carbons (Fsp3) is 0.0250. The van der Waals surface area contributed by atoms with Crippen LogP contribution in [0.15, 0.2) is 91.0 Å². The van der Waals surface area contributed by atoms with Crippen molar-refractivity contribution in [2.45, 2.75) is 5.41 Å². The normalized spacial score (nSPS) is 13.2. The van der Waals surface area contributed by atoms with Crippen LogP contribution < -0.4 is 0 Å². The van der Waals surface area contributed by atoms with Crippen molar-refractivity contribution in [1.29, 1.82) is 0 Å². The van der Waals surface area contributed by atoms with Crippen LogP contribution in [0.1, 0.15) is 22.3 Å². The molecule has 0 fully saturated rings. The first-order chi connectivity index (χ1) is 25.5. The lowest BCUT2D eigenvalue weighted by molar-refractivity contribution is 0.380. The van der Waals surface area contributed by atoms with E-state index in [9.17, 15) is 26.3 Å². The first kappa shape index (κ1) is 32.5. The number of hydrogen-bond donors (Lipinski definition) is 0. The van der Waals surface area contributed by atoms with Gasteiger partial charge in [0.1, 0.15) is 0 Å². The molecule has 0 saturated carbocycles. The van der Waals surface area contributed by atoms with Gasteiger partial charge in [0.2, 0.25) is 11.6 Å². The number of halogens is 10. The number of fused-ring (bicyclic) bond motifs is 10. The zero-order valence-corrected chi connectivity index (χ0v) is 26.3. The van der Waals surface area contributed by atoms with E-state index in [1.54, 1.807) is 12.1 Å². The molecule has 1 heterocycles. The van der Waals surface area contributed by atoms with Gasteiger partial charge in [0.05, 0.1) is 16.5 Å². The van der Waals surface area contributed by atoms with Gasteiger partial charge in [-0.05, 0) is 50.6 Å². The van der Waals surface area contributed by atoms with Crippen molar-refractivity contribution in [2.24, 2.45) is 0 Å². The van der Waals surface area contributed by atoms with Gasteiger partial charge in [-0.2, -0.15) is 0 Å². The summed E-state index contributed by atoms with van der Waals surface area (Å²) in [7, 11) is 0. The first-order valence-electron chi connectivity index (χ1n) is 15.7. The van der Waals surface area contributed by atoms with Gasteiger partial charge in [0, 0.05) is 5.56 Å². The van der Waals surface area contributed by atoms with E-state index in [1.807, 2.05) is 72.8 Å². The molecule has 6 aromatic carbocycles. The topological polar surface area (TPSA) is 38.7 Å². The summed E-state index contributed by atoms with van der Waals surface area (Å²) in [5.41, 5.74) is 2.34. The third-order valence-corrected chi connectivity index (χ3v) is 9.76. The summed E-state index contributed by atoms with van der Waals surface area (Å²) in [6.45, 7) is 0. The van der Waals surface area contributed by atoms with Crippen molar-refractivity contribution in [2.75, 3.05) is 0 Å². The zero-order valence-electron chi connectivity index (χ0n) is 26.3. The number of rotatable bonds is 3. The van der Waals surface area contributed by atoms with Gasteiger partial charge in [0.15, 0.2) is 64.0 Å². The second-order valence-corrected chi connectivity index (χ2v) is 12.3. The smallest absolute Gasteiger partial charge is 0.200 e. The molecule has 1 spiro atoms. The highest BCUT2D eigenvalue weighted by atomic mass is 19.2. The molecule has 9 rings (SSSR count). The molecule has 0 amide bonds. The predicted octanol–water partition coefficient (Wildman–Crippen LogP) is 10.6. The zero-order chi connectivity index (χ0) is 37.1. The number of hydrogen-bond acceptors (Lipinski definition) is 3. The Morgan fingerprint density at radius 3 is 1.04 bits per heavy atom. The van der Waals surface area contributed by atoms with Crippen molar-refractivity contribution in [3.8, 4) is 56.4 Å². The minimum Gasteiger partial charge on any atom is -0.208 e. The van der Waals surface area contributed by atoms with E-state index in [-0.39, 0.29) is 5.56 Å². The van der Waals surface area contributed by atoms with E-state index in [2.05, 4.69) is 15.0 Å². The molecule has 0 aliphatic heterocycles. The van der Waals surface area contributed by atoms with Crippen molar-refractivity contribution >= 4 is 0 Å². The largest absolute Gasteiger partial charge is 0.208 e. The average Bonchev–Trinajstić information content (AvgIpc) is 3.65. The first-order valence-corrected chi connectivity index (χ1v) is 15.7. The van der Waals surface area contributed by atoms with E-state index in [0.717, 1.165) is 38.9 Å². The maximum atomic E-state index is 15.2. The molecule has 7 aromatic rings. The minimum absolute atomic E-state index is 0.0181. The minimum atomic E-state index is -2.52. The summed E-state index contributed by atoms with van der Waals surface area (Å²) in [6, 6.07) is 27.6. The Morgan fingerprint density at radius 1 is 0.321 bits per heavy atom. The molecule has 0 radical (unpaired) electrons. The lowest BCUT2D eigenvalue weighted by atomic mass is 9.70. The Hall–Kier alpha value is -6.37. The molecule has 0 bridgehead atoms. The van der Waals surface area contributed by atoms with Crippen LogP contribution in [-0.4, -0.2) is 15.0 Å². The van der Waals surface area contributed by atoms with E-state index < -0.39 is 92.2 Å². The van der Waals surface area contributed by atoms with Crippen molar-refractivity contribution in [3.05, 3.63) is 171 Å². The second-order valence-electron chi connectivity index (χ2n) is 12.3. The van der Waals surface area contributed by atoms with Crippen molar-refractivity contribution in [3.63, 3.8) is 0 Å². The summed E-state index contributed by atoms with van der Waals surface area (Å²) in [4.78, 5) is 11.4. The Labute approximate surface area is 291 Å². The van der Waals surface area contributed by atoms with Crippen LogP contribution in [0.3, 0.4) is 0 Å². The molecular formula is C40H15F10N3. The lowest BCUT2D eigenvalue weighted by Crippen LogP contribution is -2.25. The number of benzene rings is 6. The Bertz CT molecular complexity index is 2560. The highest BCUT2D eigenvalue weighted by molar-refractivity contribution is 5.95. The summed E-state index contributed by atoms with van der Waals surface area (Å²) in [5.74, 6) is -27.6. The van der Waals surface area contributed by atoms with Crippen LogP contribution >= 0.6 is 0 Å². The van der Waals surface area contributed by atoms with Crippen LogP contribution in [0.25, 0.3) is 56.4 Å². The van der Waals surface area contributed by atoms with E-state index in [0.29, 0.717) is 5.56 Å². The van der Waals surface area contributed by atoms with Gasteiger partial charge >= 0.3 is 0 Å². The van der Waals surface area contributed by atoms with Crippen LogP contribution in [0, 0.1) is 58.2 Å². The van der Waals surface area contributed by atoms with Gasteiger partial charge in [-0.25, -0.2) is 58.9 Å². The Balaban J connectivity index is 1.36. The van der Waals surface area contributed by atoms with Crippen LogP contribution in [0.5, 0.6) is 0 Å². The fourth-order valence-electron chi connectivity index (χ4n) is 7.57. The highest BCUT2D eigenvalue weighted by Crippen LogP contribution is 2.63. The van der Waals surface area contributed by atoms with Crippen molar-refractivity contribution < 1.29 is 43.9 Å². The third kappa shape index (κ3) is 4.21. The monoisotopic (exact) mass is 727 g/mol. The van der Waals surface area contributed by atoms with Crippen LogP contribution in [0.4, 0.5) is 43.9 Å². The summed E-state index contributed by atoms with van der Waals surface area (Å²) in [5, 5.41) is 0. The number of nitrogens with zero attached hydrogens (tertiary/aromatic N) is 3. The van der Waals surface area contributed by atoms with Gasteiger partial charge in [-0.3, -0.25) is 0 Å². The lowest BCUT2D eigenvalue weighted by Gasteiger charge is -2.30. The fourth-order valence-corrected chi connectivity index (χ4v) is 7.57. The maximum absolute atomic E-state index is 15.2. The van der Waals surface area contributed by atoms with Gasteiger partial charge in [-0.15, -0.1) is 0 Å². The molecule has 0 atom stereocenters. The molecule has 53 heavy (non-hydrogen) atoms. The molecule has 3 nitrogen and oxygen atoms in total. The predicted molar refractivity (Wildman–Crippen MR) is 172 cm³/mol. The Kier molecular flexibility index (Phi) is 6.94. The number of aromatic nitrogens is 3. The second kappa shape index (κ2) is 11.3. The summed E-state index contributed by atoms with van der Waals surface area (Å²) < 4.78 is 146. The molecule has 260 valence electrons. The van der Waals surface area contributed by atoms with E-state index >= 15 is 17.6 Å². The molecular weight excluding hydrogens is 712 g/mol. The van der Waals surface area contributed by atoms with Gasteiger partial charge in [-0.1, -0.05) is 84.9 Å². The van der Waals surface area contributed by atoms with Crippen LogP contribution in [0.2, 0.25) is 0 Å². The van der Waals surface area contributed by atoms with Crippen molar-refractivity contribution in [1.82, 2.24) is 15.0 Å². The van der Waals surface area contributed by atoms with Gasteiger partial charge in [0.25, 0.3) is 0 Å². The molecule has 1 aromatic heterocycles. The average molecular weight is 728 g/mol. The standard InChI is InChI=1S/C40H15F10N3/c41-27-25(28(42)32(46)35(49)31(27)45)38-51-37(52-39(53-38)26-29(43)33(47)36(50)34(48)30(26)44)16-13-14-20-19-9-3-6-12-23(19)40(24(20)15-16)21-10-4-1-7-17(21)18-8-2-5-11-22(18)40/h1-15H. The summed E-state index contributed by atoms with van der Waals surface area (Å²) in [6.07, 6.45) is 0. The van der Waals surface area contributed by atoms with E-state index in [4.69, 9.17) is 0 Å².